The van der Waals surface area contributed by atoms with Gasteiger partial charge in [0.05, 0.1) is 16.9 Å². The highest BCUT2D eigenvalue weighted by Gasteiger charge is 2.30. The number of ether oxygens (including phenoxy) is 1. The number of esters is 1. The van der Waals surface area contributed by atoms with Crippen LogP contribution in [0.1, 0.15) is 18.4 Å². The minimum atomic E-state index is -4.56. The Kier molecular flexibility index (Phi) is 7.66. The van der Waals surface area contributed by atoms with Gasteiger partial charge in [-0.3, -0.25) is 24.5 Å². The van der Waals surface area contributed by atoms with Crippen molar-refractivity contribution in [2.75, 3.05) is 17.2 Å². The van der Waals surface area contributed by atoms with Crippen LogP contribution in [0.3, 0.4) is 0 Å². The van der Waals surface area contributed by atoms with Gasteiger partial charge in [-0.15, -0.1) is 0 Å². The summed E-state index contributed by atoms with van der Waals surface area (Å²) in [6.45, 7) is -0.684. The molecule has 0 saturated heterocycles. The molecule has 2 rings (SSSR count). The number of carbonyl (C=O) groups is 3. The number of benzene rings is 2. The Morgan fingerprint density at radius 1 is 0.935 bits per heavy atom. The van der Waals surface area contributed by atoms with Gasteiger partial charge in [-0.2, -0.15) is 13.2 Å². The molecule has 0 aliphatic heterocycles. The number of nitro benzene ring substituents is 1. The smallest absolute Gasteiger partial charge is 0.416 e. The van der Waals surface area contributed by atoms with E-state index in [0.717, 1.165) is 24.3 Å². The molecule has 2 N–H and O–H groups in total. The van der Waals surface area contributed by atoms with Crippen molar-refractivity contribution in [3.8, 4) is 0 Å². The first-order valence-corrected chi connectivity index (χ1v) is 8.71. The van der Waals surface area contributed by atoms with E-state index in [2.05, 4.69) is 10.6 Å². The zero-order valence-corrected chi connectivity index (χ0v) is 15.8. The molecule has 0 saturated carbocycles. The van der Waals surface area contributed by atoms with Crippen LogP contribution in [0.5, 0.6) is 0 Å². The highest BCUT2D eigenvalue weighted by atomic mass is 19.4. The Morgan fingerprint density at radius 2 is 1.55 bits per heavy atom. The SMILES string of the molecule is O=C(CCC(=O)OCC(=O)Nc1cccc([N+](=O)[O-])c1)Nc1cccc(C(F)(F)F)c1. The van der Waals surface area contributed by atoms with Crippen molar-refractivity contribution in [2.45, 2.75) is 19.0 Å². The Bertz CT molecular complexity index is 994. The predicted octanol–water partition coefficient (Wildman–Crippen LogP) is 3.51. The highest BCUT2D eigenvalue weighted by molar-refractivity contribution is 5.94. The normalized spacial score (nSPS) is 10.8. The zero-order valence-electron chi connectivity index (χ0n) is 15.8. The van der Waals surface area contributed by atoms with Crippen LogP contribution in [0, 0.1) is 10.1 Å². The van der Waals surface area contributed by atoms with E-state index in [9.17, 15) is 37.7 Å². The van der Waals surface area contributed by atoms with Crippen LogP contribution in [-0.4, -0.2) is 29.3 Å². The van der Waals surface area contributed by atoms with Gasteiger partial charge < -0.3 is 15.4 Å². The first kappa shape index (κ1) is 23.3. The van der Waals surface area contributed by atoms with Crippen molar-refractivity contribution < 1.29 is 37.2 Å². The number of hydrogen-bond donors (Lipinski definition) is 2. The van der Waals surface area contributed by atoms with Crippen molar-refractivity contribution in [1.82, 2.24) is 0 Å². The number of rotatable bonds is 8. The molecule has 0 bridgehead atoms. The van der Waals surface area contributed by atoms with Crippen LogP contribution in [0.15, 0.2) is 48.5 Å². The van der Waals surface area contributed by atoms with Crippen LogP contribution in [-0.2, 0) is 25.3 Å². The van der Waals surface area contributed by atoms with Gasteiger partial charge in [0.2, 0.25) is 5.91 Å². The second kappa shape index (κ2) is 10.2. The average molecular weight is 439 g/mol. The lowest BCUT2D eigenvalue weighted by atomic mass is 10.2. The summed E-state index contributed by atoms with van der Waals surface area (Å²) in [5, 5.41) is 15.3. The third-order valence-electron chi connectivity index (χ3n) is 3.73. The standard InChI is InChI=1S/C19H16F3N3O6/c20-19(21,22)12-3-1-4-13(9-12)23-16(26)7-8-18(28)31-11-17(27)24-14-5-2-6-15(10-14)25(29)30/h1-6,9-10H,7-8,11H2,(H,23,26)(H,24,27). The van der Waals surface area contributed by atoms with Gasteiger partial charge in [0, 0.05) is 29.9 Å². The fourth-order valence-corrected chi connectivity index (χ4v) is 2.32. The van der Waals surface area contributed by atoms with E-state index < -0.39 is 47.5 Å². The van der Waals surface area contributed by atoms with Gasteiger partial charge in [0.1, 0.15) is 0 Å². The molecule has 0 spiro atoms. The number of amides is 2. The van der Waals surface area contributed by atoms with Crippen molar-refractivity contribution in [2.24, 2.45) is 0 Å². The third-order valence-corrected chi connectivity index (χ3v) is 3.73. The monoisotopic (exact) mass is 439 g/mol. The first-order valence-electron chi connectivity index (χ1n) is 8.71. The Morgan fingerprint density at radius 3 is 2.19 bits per heavy atom. The molecule has 12 heteroatoms. The van der Waals surface area contributed by atoms with Crippen LogP contribution in [0.4, 0.5) is 30.2 Å². The molecule has 2 amide bonds. The lowest BCUT2D eigenvalue weighted by Crippen LogP contribution is -2.21. The molecule has 0 aromatic heterocycles. The van der Waals surface area contributed by atoms with E-state index in [4.69, 9.17) is 4.74 Å². The molecular formula is C19H16F3N3O6. The maximum Gasteiger partial charge on any atom is 0.416 e. The zero-order chi connectivity index (χ0) is 23.0. The van der Waals surface area contributed by atoms with Crippen molar-refractivity contribution in [3.63, 3.8) is 0 Å². The molecule has 0 unspecified atom stereocenters. The number of anilines is 2. The number of alkyl halides is 3. The molecule has 9 nitrogen and oxygen atoms in total. The summed E-state index contributed by atoms with van der Waals surface area (Å²) in [6.07, 6.45) is -5.34. The number of nitrogens with zero attached hydrogens (tertiary/aromatic N) is 1. The lowest BCUT2D eigenvalue weighted by Gasteiger charge is -2.10. The maximum atomic E-state index is 12.7. The molecule has 0 heterocycles. The van der Waals surface area contributed by atoms with Crippen molar-refractivity contribution >= 4 is 34.8 Å². The second-order valence-electron chi connectivity index (χ2n) is 6.14. The first-order chi connectivity index (χ1) is 14.5. The van der Waals surface area contributed by atoms with Crippen LogP contribution >= 0.6 is 0 Å². The summed E-state index contributed by atoms with van der Waals surface area (Å²) < 4.78 is 42.7. The molecule has 2 aromatic carbocycles. The minimum Gasteiger partial charge on any atom is -0.456 e. The number of non-ortho nitro benzene ring substituents is 1. The van der Waals surface area contributed by atoms with Crippen molar-refractivity contribution in [1.29, 1.82) is 0 Å². The number of halogens is 3. The van der Waals surface area contributed by atoms with Gasteiger partial charge in [-0.25, -0.2) is 0 Å². The summed E-state index contributed by atoms with van der Waals surface area (Å²) in [5.74, 6) is -2.34. The summed E-state index contributed by atoms with van der Waals surface area (Å²) in [7, 11) is 0. The number of nitro groups is 1. The quantitative estimate of drug-likeness (QED) is 0.368. The van der Waals surface area contributed by atoms with Crippen LogP contribution in [0.2, 0.25) is 0 Å². The number of nitrogens with one attached hydrogen (secondary N) is 2. The van der Waals surface area contributed by atoms with Gasteiger partial charge in [0.25, 0.3) is 11.6 Å². The third kappa shape index (κ3) is 7.76. The second-order valence-corrected chi connectivity index (χ2v) is 6.14. The van der Waals surface area contributed by atoms with Crippen LogP contribution < -0.4 is 10.6 Å². The molecule has 0 radical (unpaired) electrons. The van der Waals surface area contributed by atoms with Gasteiger partial charge >= 0.3 is 12.1 Å². The molecule has 31 heavy (non-hydrogen) atoms. The van der Waals surface area contributed by atoms with Gasteiger partial charge in [-0.05, 0) is 24.3 Å². The maximum absolute atomic E-state index is 12.7. The van der Waals surface area contributed by atoms with Gasteiger partial charge in [0.15, 0.2) is 6.61 Å². The minimum absolute atomic E-state index is 0.0791. The van der Waals surface area contributed by atoms with E-state index in [1.54, 1.807) is 0 Å². The Labute approximate surface area is 173 Å². The topological polar surface area (TPSA) is 128 Å². The van der Waals surface area contributed by atoms with Crippen molar-refractivity contribution in [3.05, 3.63) is 64.2 Å². The highest BCUT2D eigenvalue weighted by Crippen LogP contribution is 2.30. The van der Waals surface area contributed by atoms with E-state index in [1.807, 2.05) is 0 Å². The Hall–Kier alpha value is -3.96. The molecule has 0 fully saturated rings. The Balaban J connectivity index is 1.75. The predicted molar refractivity (Wildman–Crippen MR) is 102 cm³/mol. The largest absolute Gasteiger partial charge is 0.456 e. The lowest BCUT2D eigenvalue weighted by molar-refractivity contribution is -0.384. The van der Waals surface area contributed by atoms with E-state index in [-0.39, 0.29) is 23.5 Å². The summed E-state index contributed by atoms with van der Waals surface area (Å²) in [6, 6.07) is 9.14. The van der Waals surface area contributed by atoms with E-state index >= 15 is 0 Å². The molecule has 0 atom stereocenters. The summed E-state index contributed by atoms with van der Waals surface area (Å²) in [5.41, 5.74) is -1.11. The fourth-order valence-electron chi connectivity index (χ4n) is 2.32. The number of hydrogen-bond acceptors (Lipinski definition) is 6. The molecule has 0 aliphatic rings. The molecule has 0 aliphatic carbocycles. The fraction of sp³-hybridized carbons (Fsp3) is 0.211. The number of carbonyl (C=O) groups excluding carboxylic acids is 3. The van der Waals surface area contributed by atoms with Crippen LogP contribution in [0.25, 0.3) is 0 Å². The van der Waals surface area contributed by atoms with E-state index in [1.165, 1.54) is 24.3 Å². The molecule has 2 aromatic rings. The average Bonchev–Trinajstić information content (AvgIpc) is 2.70. The molecular weight excluding hydrogens is 423 g/mol. The molecule has 164 valence electrons. The summed E-state index contributed by atoms with van der Waals surface area (Å²) >= 11 is 0. The van der Waals surface area contributed by atoms with Gasteiger partial charge in [-0.1, -0.05) is 12.1 Å². The van der Waals surface area contributed by atoms with E-state index in [0.29, 0.717) is 0 Å². The summed E-state index contributed by atoms with van der Waals surface area (Å²) in [4.78, 5) is 45.3.